The number of hydrogen-bond donors (Lipinski definition) is 0. The van der Waals surface area contributed by atoms with Crippen molar-refractivity contribution >= 4 is 40.2 Å². The van der Waals surface area contributed by atoms with Gasteiger partial charge in [0.2, 0.25) is 0 Å². The van der Waals surface area contributed by atoms with Crippen molar-refractivity contribution in [3.05, 3.63) is 65.3 Å². The second kappa shape index (κ2) is 6.24. The minimum Gasteiger partial charge on any atom is -0.293 e. The van der Waals surface area contributed by atoms with Crippen molar-refractivity contribution in [2.45, 2.75) is 5.03 Å². The highest BCUT2D eigenvalue weighted by molar-refractivity contribution is 7.99. The lowest BCUT2D eigenvalue weighted by Gasteiger charge is -2.02. The predicted molar refractivity (Wildman–Crippen MR) is 86.0 cm³/mol. The molecule has 5 heteroatoms. The molecule has 2 aromatic carbocycles. The van der Waals surface area contributed by atoms with Gasteiger partial charge in [0.25, 0.3) is 0 Å². The van der Waals surface area contributed by atoms with Crippen LogP contribution in [-0.4, -0.2) is 21.5 Å². The fraction of sp³-hybridized carbons (Fsp3) is 0.0625. The fourth-order valence-corrected chi connectivity index (χ4v) is 2.73. The molecule has 0 N–H and O–H groups in total. The summed E-state index contributed by atoms with van der Waals surface area (Å²) in [6.07, 6.45) is 1.70. The predicted octanol–water partition coefficient (Wildman–Crippen LogP) is 4.26. The van der Waals surface area contributed by atoms with Crippen molar-refractivity contribution in [2.24, 2.45) is 0 Å². The Morgan fingerprint density at radius 1 is 1.05 bits per heavy atom. The van der Waals surface area contributed by atoms with Crippen LogP contribution in [0.15, 0.2) is 59.8 Å². The largest absolute Gasteiger partial charge is 0.293 e. The van der Waals surface area contributed by atoms with E-state index in [1.54, 1.807) is 30.5 Å². The summed E-state index contributed by atoms with van der Waals surface area (Å²) in [5.74, 6) is 0.376. The van der Waals surface area contributed by atoms with Crippen LogP contribution < -0.4 is 0 Å². The van der Waals surface area contributed by atoms with E-state index in [9.17, 15) is 4.79 Å². The van der Waals surface area contributed by atoms with Crippen molar-refractivity contribution in [1.82, 2.24) is 9.97 Å². The Morgan fingerprint density at radius 2 is 1.76 bits per heavy atom. The molecule has 0 spiro atoms. The van der Waals surface area contributed by atoms with Gasteiger partial charge in [-0.05, 0) is 36.4 Å². The van der Waals surface area contributed by atoms with Gasteiger partial charge in [0.1, 0.15) is 5.03 Å². The summed E-state index contributed by atoms with van der Waals surface area (Å²) in [7, 11) is 0. The van der Waals surface area contributed by atoms with E-state index in [4.69, 9.17) is 11.6 Å². The van der Waals surface area contributed by atoms with Crippen LogP contribution in [0.4, 0.5) is 0 Å². The summed E-state index contributed by atoms with van der Waals surface area (Å²) in [5, 5.41) is 1.37. The maximum Gasteiger partial charge on any atom is 0.173 e. The first-order valence-electron chi connectivity index (χ1n) is 6.36. The standard InChI is InChI=1S/C16H11ClN2OS/c17-12-7-5-11(6-8-12)15(20)10-21-16-9-18-13-3-1-2-4-14(13)19-16/h1-9H,10H2. The highest BCUT2D eigenvalue weighted by Gasteiger charge is 2.08. The minimum atomic E-state index is 0.0478. The number of hydrogen-bond acceptors (Lipinski definition) is 4. The van der Waals surface area contributed by atoms with Crippen LogP contribution >= 0.6 is 23.4 Å². The van der Waals surface area contributed by atoms with E-state index in [0.717, 1.165) is 16.1 Å². The van der Waals surface area contributed by atoms with Crippen molar-refractivity contribution in [3.8, 4) is 0 Å². The smallest absolute Gasteiger partial charge is 0.173 e. The van der Waals surface area contributed by atoms with Gasteiger partial charge in [0.15, 0.2) is 5.78 Å². The molecule has 1 heterocycles. The van der Waals surface area contributed by atoms with Crippen LogP contribution in [0.3, 0.4) is 0 Å². The topological polar surface area (TPSA) is 42.9 Å². The molecule has 0 aliphatic heterocycles. The fourth-order valence-electron chi connectivity index (χ4n) is 1.87. The van der Waals surface area contributed by atoms with Crippen LogP contribution in [0.1, 0.15) is 10.4 Å². The summed E-state index contributed by atoms with van der Waals surface area (Å²) >= 11 is 7.20. The van der Waals surface area contributed by atoms with Gasteiger partial charge in [-0.3, -0.25) is 9.78 Å². The zero-order valence-electron chi connectivity index (χ0n) is 11.0. The van der Waals surface area contributed by atoms with Gasteiger partial charge < -0.3 is 0 Å². The molecule has 0 saturated heterocycles. The van der Waals surface area contributed by atoms with Crippen molar-refractivity contribution in [3.63, 3.8) is 0 Å². The molecular weight excluding hydrogens is 304 g/mol. The molecule has 0 aliphatic rings. The number of rotatable bonds is 4. The second-order valence-corrected chi connectivity index (χ2v) is 5.85. The van der Waals surface area contributed by atoms with Crippen molar-refractivity contribution in [2.75, 3.05) is 5.75 Å². The molecule has 0 aliphatic carbocycles. The van der Waals surface area contributed by atoms with Crippen LogP contribution in [0, 0.1) is 0 Å². The second-order valence-electron chi connectivity index (χ2n) is 4.42. The van der Waals surface area contributed by atoms with Gasteiger partial charge in [-0.15, -0.1) is 0 Å². The first kappa shape index (κ1) is 14.0. The highest BCUT2D eigenvalue weighted by Crippen LogP contribution is 2.19. The normalized spacial score (nSPS) is 10.7. The lowest BCUT2D eigenvalue weighted by atomic mass is 10.1. The number of aromatic nitrogens is 2. The number of carbonyl (C=O) groups is 1. The van der Waals surface area contributed by atoms with Crippen LogP contribution in [0.25, 0.3) is 11.0 Å². The molecule has 0 saturated carbocycles. The van der Waals surface area contributed by atoms with Gasteiger partial charge in [0.05, 0.1) is 23.0 Å². The van der Waals surface area contributed by atoms with E-state index in [2.05, 4.69) is 9.97 Å². The molecule has 0 atom stereocenters. The number of Topliss-reactive ketones (excluding diaryl/α,β-unsaturated/α-hetero) is 1. The Labute approximate surface area is 131 Å². The van der Waals surface area contributed by atoms with E-state index in [1.807, 2.05) is 24.3 Å². The van der Waals surface area contributed by atoms with E-state index in [1.165, 1.54) is 11.8 Å². The number of halogens is 1. The third-order valence-corrected chi connectivity index (χ3v) is 4.09. The molecule has 0 bridgehead atoms. The van der Waals surface area contributed by atoms with Gasteiger partial charge in [0, 0.05) is 10.6 Å². The lowest BCUT2D eigenvalue weighted by molar-refractivity contribution is 0.102. The van der Waals surface area contributed by atoms with E-state index in [0.29, 0.717) is 16.3 Å². The first-order valence-corrected chi connectivity index (χ1v) is 7.72. The molecule has 0 unspecified atom stereocenters. The Bertz CT molecular complexity index is 790. The molecule has 3 aromatic rings. The molecule has 0 amide bonds. The number of benzene rings is 2. The van der Waals surface area contributed by atoms with Crippen LogP contribution in [0.5, 0.6) is 0 Å². The molecule has 3 nitrogen and oxygen atoms in total. The number of carbonyl (C=O) groups excluding carboxylic acids is 1. The molecule has 0 radical (unpaired) electrons. The number of para-hydroxylation sites is 2. The summed E-state index contributed by atoms with van der Waals surface area (Å²) in [6, 6.07) is 14.6. The average Bonchev–Trinajstić information content (AvgIpc) is 2.53. The third kappa shape index (κ3) is 3.40. The third-order valence-electron chi connectivity index (χ3n) is 2.94. The SMILES string of the molecule is O=C(CSc1cnc2ccccc2n1)c1ccc(Cl)cc1. The molecule has 0 fully saturated rings. The zero-order chi connectivity index (χ0) is 14.7. The van der Waals surface area contributed by atoms with Gasteiger partial charge in [-0.25, -0.2) is 4.98 Å². The Morgan fingerprint density at radius 3 is 2.52 bits per heavy atom. The quantitative estimate of drug-likeness (QED) is 0.533. The lowest BCUT2D eigenvalue weighted by Crippen LogP contribution is -2.02. The molecule has 1 aromatic heterocycles. The van der Waals surface area contributed by atoms with Gasteiger partial charge >= 0.3 is 0 Å². The zero-order valence-corrected chi connectivity index (χ0v) is 12.6. The Balaban J connectivity index is 1.71. The monoisotopic (exact) mass is 314 g/mol. The van der Waals surface area contributed by atoms with Crippen molar-refractivity contribution in [1.29, 1.82) is 0 Å². The summed E-state index contributed by atoms with van der Waals surface area (Å²) < 4.78 is 0. The molecule has 3 rings (SSSR count). The van der Waals surface area contributed by atoms with E-state index < -0.39 is 0 Å². The minimum absolute atomic E-state index is 0.0478. The van der Waals surface area contributed by atoms with Crippen LogP contribution in [0.2, 0.25) is 5.02 Å². The van der Waals surface area contributed by atoms with E-state index in [-0.39, 0.29) is 5.78 Å². The maximum absolute atomic E-state index is 12.1. The average molecular weight is 315 g/mol. The maximum atomic E-state index is 12.1. The van der Waals surface area contributed by atoms with Gasteiger partial charge in [-0.2, -0.15) is 0 Å². The number of fused-ring (bicyclic) bond motifs is 1. The first-order chi connectivity index (χ1) is 10.2. The number of thioether (sulfide) groups is 1. The Kier molecular flexibility index (Phi) is 4.18. The highest BCUT2D eigenvalue weighted by atomic mass is 35.5. The van der Waals surface area contributed by atoms with Crippen LogP contribution in [-0.2, 0) is 0 Å². The summed E-state index contributed by atoms with van der Waals surface area (Å²) in [4.78, 5) is 20.9. The summed E-state index contributed by atoms with van der Waals surface area (Å²) in [5.41, 5.74) is 2.34. The number of ketones is 1. The van der Waals surface area contributed by atoms with E-state index >= 15 is 0 Å². The molecule has 21 heavy (non-hydrogen) atoms. The molecular formula is C16H11ClN2OS. The number of nitrogens with zero attached hydrogens (tertiary/aromatic N) is 2. The van der Waals surface area contributed by atoms with Crippen molar-refractivity contribution < 1.29 is 4.79 Å². The summed E-state index contributed by atoms with van der Waals surface area (Å²) in [6.45, 7) is 0. The van der Waals surface area contributed by atoms with Gasteiger partial charge in [-0.1, -0.05) is 35.5 Å². The molecule has 104 valence electrons. The Hall–Kier alpha value is -1.91.